The fourth-order valence-corrected chi connectivity index (χ4v) is 2.18. The minimum atomic E-state index is -4.35. The molecule has 2 atom stereocenters. The average Bonchev–Trinajstić information content (AvgIpc) is 2.88. The van der Waals surface area contributed by atoms with Crippen LogP contribution in [-0.4, -0.2) is 17.7 Å². The Hall–Kier alpha value is -1.14. The van der Waals surface area contributed by atoms with Crippen LogP contribution in [0.4, 0.5) is 13.2 Å². The van der Waals surface area contributed by atoms with Crippen molar-refractivity contribution in [3.05, 3.63) is 29.6 Å². The van der Waals surface area contributed by atoms with Gasteiger partial charge in [0.2, 0.25) is 0 Å². The Bertz CT molecular complexity index is 399. The van der Waals surface area contributed by atoms with Gasteiger partial charge in [-0.1, -0.05) is 0 Å². The minimum Gasteiger partial charge on any atom is -0.378 e. The minimum absolute atomic E-state index is 0.237. The van der Waals surface area contributed by atoms with Gasteiger partial charge in [-0.3, -0.25) is 4.98 Å². The topological polar surface area (TPSA) is 48.1 Å². The molecule has 2 N–H and O–H groups in total. The highest BCUT2D eigenvalue weighted by Crippen LogP contribution is 2.29. The van der Waals surface area contributed by atoms with Crippen LogP contribution in [0.2, 0.25) is 0 Å². The smallest absolute Gasteiger partial charge is 0.378 e. The zero-order valence-electron chi connectivity index (χ0n) is 10.5. The van der Waals surface area contributed by atoms with Crippen molar-refractivity contribution in [2.24, 2.45) is 5.73 Å². The van der Waals surface area contributed by atoms with Crippen LogP contribution < -0.4 is 5.73 Å². The molecule has 1 aliphatic heterocycles. The molecule has 2 rings (SSSR count). The van der Waals surface area contributed by atoms with Gasteiger partial charge in [-0.2, -0.15) is 13.2 Å². The summed E-state index contributed by atoms with van der Waals surface area (Å²) in [7, 11) is 0. The van der Waals surface area contributed by atoms with Crippen LogP contribution in [0.15, 0.2) is 18.3 Å². The number of rotatable bonds is 4. The number of alkyl halides is 3. The molecule has 1 saturated heterocycles. The number of nitrogens with two attached hydrogens (primary N) is 1. The van der Waals surface area contributed by atoms with E-state index in [0.29, 0.717) is 12.1 Å². The number of aromatic nitrogens is 1. The Morgan fingerprint density at radius 1 is 1.42 bits per heavy atom. The van der Waals surface area contributed by atoms with Crippen LogP contribution in [0.25, 0.3) is 0 Å². The van der Waals surface area contributed by atoms with E-state index in [2.05, 4.69) is 4.98 Å². The van der Waals surface area contributed by atoms with E-state index in [9.17, 15) is 13.2 Å². The van der Waals surface area contributed by atoms with Crippen LogP contribution in [0.3, 0.4) is 0 Å². The molecular formula is C13H17F3N2O. The molecule has 0 saturated carbocycles. The third kappa shape index (κ3) is 3.91. The highest BCUT2D eigenvalue weighted by Gasteiger charge is 2.30. The maximum absolute atomic E-state index is 12.4. The molecule has 1 aromatic rings. The van der Waals surface area contributed by atoms with Gasteiger partial charge in [-0.15, -0.1) is 0 Å². The number of nitrogens with zero attached hydrogens (tertiary/aromatic N) is 1. The van der Waals surface area contributed by atoms with Crippen LogP contribution in [0, 0.1) is 0 Å². The summed E-state index contributed by atoms with van der Waals surface area (Å²) in [5, 5.41) is 0. The Balaban J connectivity index is 1.89. The molecule has 0 radical (unpaired) electrons. The maximum Gasteiger partial charge on any atom is 0.417 e. The van der Waals surface area contributed by atoms with Gasteiger partial charge in [0.25, 0.3) is 0 Å². The van der Waals surface area contributed by atoms with E-state index in [1.807, 2.05) is 0 Å². The largest absolute Gasteiger partial charge is 0.417 e. The molecular weight excluding hydrogens is 257 g/mol. The molecule has 3 nitrogen and oxygen atoms in total. The number of hydrogen-bond acceptors (Lipinski definition) is 3. The number of halogens is 3. The molecule has 106 valence electrons. The number of ether oxygens (including phenoxy) is 1. The van der Waals surface area contributed by atoms with Crippen molar-refractivity contribution in [1.82, 2.24) is 4.98 Å². The van der Waals surface area contributed by atoms with E-state index in [1.54, 1.807) is 0 Å². The first kappa shape index (κ1) is 14.3. The van der Waals surface area contributed by atoms with Crippen LogP contribution in [0.5, 0.6) is 0 Å². The summed E-state index contributed by atoms with van der Waals surface area (Å²) in [6.07, 6.45) is 0.313. The van der Waals surface area contributed by atoms with Gasteiger partial charge in [0.05, 0.1) is 17.4 Å². The lowest BCUT2D eigenvalue weighted by Crippen LogP contribution is -2.16. The second-order valence-electron chi connectivity index (χ2n) is 4.79. The molecule has 2 heterocycles. The van der Waals surface area contributed by atoms with Crippen molar-refractivity contribution in [3.63, 3.8) is 0 Å². The highest BCUT2D eigenvalue weighted by molar-refractivity contribution is 5.18. The van der Waals surface area contributed by atoms with Gasteiger partial charge in [0.1, 0.15) is 0 Å². The van der Waals surface area contributed by atoms with Crippen molar-refractivity contribution in [2.75, 3.05) is 6.61 Å². The Morgan fingerprint density at radius 2 is 2.21 bits per heavy atom. The molecule has 1 fully saturated rings. The van der Waals surface area contributed by atoms with Crippen molar-refractivity contribution in [2.45, 2.75) is 44.0 Å². The Kier molecular flexibility index (Phi) is 4.42. The van der Waals surface area contributed by atoms with Crippen molar-refractivity contribution < 1.29 is 17.9 Å². The summed E-state index contributed by atoms with van der Waals surface area (Å²) < 4.78 is 42.6. The van der Waals surface area contributed by atoms with Gasteiger partial charge < -0.3 is 10.5 Å². The molecule has 0 bridgehead atoms. The summed E-state index contributed by atoms with van der Waals surface area (Å²) in [4.78, 5) is 3.80. The quantitative estimate of drug-likeness (QED) is 0.918. The lowest BCUT2D eigenvalue weighted by atomic mass is 10.0. The van der Waals surface area contributed by atoms with Gasteiger partial charge >= 0.3 is 6.18 Å². The molecule has 0 aliphatic carbocycles. The third-order valence-electron chi connectivity index (χ3n) is 3.32. The second kappa shape index (κ2) is 5.88. The Morgan fingerprint density at radius 3 is 2.74 bits per heavy atom. The van der Waals surface area contributed by atoms with Crippen LogP contribution in [-0.2, 0) is 10.9 Å². The van der Waals surface area contributed by atoms with Crippen molar-refractivity contribution >= 4 is 0 Å². The summed E-state index contributed by atoms with van der Waals surface area (Å²) in [6.45, 7) is 0.790. The van der Waals surface area contributed by atoms with E-state index in [4.69, 9.17) is 10.5 Å². The molecule has 6 heteroatoms. The summed E-state index contributed by atoms with van der Waals surface area (Å²) >= 11 is 0. The van der Waals surface area contributed by atoms with Crippen molar-refractivity contribution in [1.29, 1.82) is 0 Å². The molecule has 1 aliphatic rings. The van der Waals surface area contributed by atoms with Crippen molar-refractivity contribution in [3.8, 4) is 0 Å². The average molecular weight is 274 g/mol. The first-order valence-corrected chi connectivity index (χ1v) is 6.37. The lowest BCUT2D eigenvalue weighted by Gasteiger charge is -2.15. The summed E-state index contributed by atoms with van der Waals surface area (Å²) in [5.41, 5.74) is 5.68. The van der Waals surface area contributed by atoms with Crippen LogP contribution >= 0.6 is 0 Å². The van der Waals surface area contributed by atoms with E-state index < -0.39 is 11.7 Å². The van der Waals surface area contributed by atoms with E-state index in [1.165, 1.54) is 6.07 Å². The Labute approximate surface area is 110 Å². The fraction of sp³-hybridized carbons (Fsp3) is 0.615. The zero-order valence-corrected chi connectivity index (χ0v) is 10.5. The van der Waals surface area contributed by atoms with E-state index >= 15 is 0 Å². The standard InChI is InChI=1S/C13H17F3N2O/c14-13(15,16)9-3-6-12(18-8-9)11(17)5-4-10-2-1-7-19-10/h3,6,8,10-11H,1-2,4-5,7,17H2. The number of hydrogen-bond donors (Lipinski definition) is 1. The second-order valence-corrected chi connectivity index (χ2v) is 4.79. The van der Waals surface area contributed by atoms with Gasteiger partial charge in [-0.05, 0) is 37.8 Å². The van der Waals surface area contributed by atoms with Gasteiger partial charge in [-0.25, -0.2) is 0 Å². The highest BCUT2D eigenvalue weighted by atomic mass is 19.4. The lowest BCUT2D eigenvalue weighted by molar-refractivity contribution is -0.137. The molecule has 1 aromatic heterocycles. The normalized spacial score (nSPS) is 21.6. The predicted molar refractivity (Wildman–Crippen MR) is 64.4 cm³/mol. The SMILES string of the molecule is NC(CCC1CCCO1)c1ccc(C(F)(F)F)cn1. The number of pyridine rings is 1. The fourth-order valence-electron chi connectivity index (χ4n) is 2.18. The monoisotopic (exact) mass is 274 g/mol. The molecule has 19 heavy (non-hydrogen) atoms. The molecule has 0 aromatic carbocycles. The first-order valence-electron chi connectivity index (χ1n) is 6.37. The van der Waals surface area contributed by atoms with Crippen LogP contribution in [0.1, 0.15) is 43.0 Å². The van der Waals surface area contributed by atoms with E-state index in [-0.39, 0.29) is 12.1 Å². The summed E-state index contributed by atoms with van der Waals surface area (Å²) in [5.74, 6) is 0. The van der Waals surface area contributed by atoms with Gasteiger partial charge in [0.15, 0.2) is 0 Å². The predicted octanol–water partition coefficient (Wildman–Crippen LogP) is 3.06. The zero-order chi connectivity index (χ0) is 13.9. The third-order valence-corrected chi connectivity index (χ3v) is 3.32. The first-order chi connectivity index (χ1) is 8.97. The molecule has 0 spiro atoms. The molecule has 2 unspecified atom stereocenters. The maximum atomic E-state index is 12.4. The van der Waals surface area contributed by atoms with E-state index in [0.717, 1.165) is 38.1 Å². The summed E-state index contributed by atoms with van der Waals surface area (Å²) in [6, 6.07) is 2.03. The van der Waals surface area contributed by atoms with Gasteiger partial charge in [0, 0.05) is 18.8 Å². The molecule has 0 amide bonds.